The van der Waals surface area contributed by atoms with Gasteiger partial charge in [0, 0.05) is 36.4 Å². The Balaban J connectivity index is 1.18. The number of thioether (sulfide) groups is 1. The molecular formula is C34H35N7O4S. The maximum atomic E-state index is 13.7. The number of nitrogens with zero attached hydrogens (tertiary/aromatic N) is 4. The van der Waals surface area contributed by atoms with Gasteiger partial charge in [0.1, 0.15) is 33.4 Å². The van der Waals surface area contributed by atoms with E-state index >= 15 is 0 Å². The molecule has 11 nitrogen and oxygen atoms in total. The van der Waals surface area contributed by atoms with Crippen molar-refractivity contribution in [2.75, 3.05) is 18.0 Å². The quantitative estimate of drug-likeness (QED) is 0.245. The first-order valence-corrected chi connectivity index (χ1v) is 16.0. The molecule has 236 valence electrons. The van der Waals surface area contributed by atoms with E-state index in [1.807, 2.05) is 61.5 Å². The van der Waals surface area contributed by atoms with Gasteiger partial charge < -0.3 is 26.0 Å². The number of hydrogen-bond acceptors (Lipinski definition) is 8. The fourth-order valence-corrected chi connectivity index (χ4v) is 7.31. The average molecular weight is 638 g/mol. The van der Waals surface area contributed by atoms with E-state index in [-0.39, 0.29) is 30.1 Å². The first kappa shape index (κ1) is 31.1. The number of nitrogens with one attached hydrogen (secondary N) is 2. The molecule has 4 amide bonds. The fourth-order valence-electron chi connectivity index (χ4n) is 6.08. The highest BCUT2D eigenvalue weighted by molar-refractivity contribution is 8.01. The van der Waals surface area contributed by atoms with Crippen LogP contribution in [-0.4, -0.2) is 57.6 Å². The number of pyridine rings is 1. The highest BCUT2D eigenvalue weighted by atomic mass is 32.2. The van der Waals surface area contributed by atoms with Gasteiger partial charge in [-0.1, -0.05) is 30.0 Å². The zero-order chi connectivity index (χ0) is 32.6. The number of carbonyl (C=O) groups is 3. The van der Waals surface area contributed by atoms with E-state index < -0.39 is 22.7 Å². The SMILES string of the molecule is Cc1cc(Oc2ccccc2)ccc1N1C(=O)NC2c3c1ccnc3S[C@H]2C(=O)NC1CCCN(C(=O)/C(C#N)=C\C(C)(C)N)C1. The average Bonchev–Trinajstić information content (AvgIpc) is 3.40. The third kappa shape index (κ3) is 6.29. The number of ether oxygens (including phenoxy) is 1. The standard InChI is InChI=1S/C34H35N7O4S/c1-20-16-24(45-23-9-5-4-6-10-23)11-12-25(20)41-26-13-14-37-31-27(26)28(39-33(41)44)29(46-31)30(42)38-22-8-7-15-40(19-22)32(43)21(18-35)17-34(2,3)36/h4-6,9-14,16-17,22,28-29H,7-8,15,19,36H2,1-3H3,(H,38,42)(H,39,44)/b21-17-/t22?,28?,29-/m1/s1. The van der Waals surface area contributed by atoms with Crippen molar-refractivity contribution in [2.24, 2.45) is 5.73 Å². The second kappa shape index (κ2) is 12.5. The summed E-state index contributed by atoms with van der Waals surface area (Å²) in [6.45, 7) is 6.12. The predicted octanol–water partition coefficient (Wildman–Crippen LogP) is 4.85. The fraction of sp³-hybridized carbons (Fsp3) is 0.324. The monoisotopic (exact) mass is 637 g/mol. The molecule has 46 heavy (non-hydrogen) atoms. The first-order chi connectivity index (χ1) is 22.0. The van der Waals surface area contributed by atoms with Gasteiger partial charge in [-0.3, -0.25) is 14.5 Å². The van der Waals surface area contributed by atoms with Gasteiger partial charge in [-0.15, -0.1) is 0 Å². The Morgan fingerprint density at radius 1 is 1.17 bits per heavy atom. The minimum absolute atomic E-state index is 0.0112. The van der Waals surface area contributed by atoms with Crippen molar-refractivity contribution in [2.45, 2.75) is 61.5 Å². The number of nitriles is 1. The summed E-state index contributed by atoms with van der Waals surface area (Å²) in [6.07, 6.45) is 4.48. The topological polar surface area (TPSA) is 154 Å². The lowest BCUT2D eigenvalue weighted by Gasteiger charge is -2.36. The molecule has 0 saturated carbocycles. The molecule has 1 saturated heterocycles. The third-order valence-corrected chi connectivity index (χ3v) is 9.36. The summed E-state index contributed by atoms with van der Waals surface area (Å²) < 4.78 is 5.98. The molecule has 4 N–H and O–H groups in total. The molecule has 3 atom stereocenters. The van der Waals surface area contributed by atoms with E-state index in [2.05, 4.69) is 15.6 Å². The van der Waals surface area contributed by atoms with Crippen molar-refractivity contribution < 1.29 is 19.1 Å². The zero-order valence-electron chi connectivity index (χ0n) is 25.8. The number of para-hydroxylation sites is 1. The molecule has 12 heteroatoms. The highest BCUT2D eigenvalue weighted by Gasteiger charge is 2.47. The van der Waals surface area contributed by atoms with Crippen molar-refractivity contribution >= 4 is 41.0 Å². The number of nitrogens with two attached hydrogens (primary N) is 1. The van der Waals surface area contributed by atoms with Gasteiger partial charge in [0.25, 0.3) is 5.91 Å². The minimum Gasteiger partial charge on any atom is -0.457 e. The van der Waals surface area contributed by atoms with E-state index in [0.717, 1.165) is 11.1 Å². The molecule has 0 aliphatic carbocycles. The van der Waals surface area contributed by atoms with Crippen LogP contribution >= 0.6 is 11.8 Å². The van der Waals surface area contributed by atoms with Crippen LogP contribution < -0.4 is 26.0 Å². The van der Waals surface area contributed by atoms with Gasteiger partial charge in [-0.2, -0.15) is 5.26 Å². The number of amides is 4. The molecule has 1 fully saturated rings. The molecule has 0 spiro atoms. The lowest BCUT2D eigenvalue weighted by atomic mass is 9.98. The predicted molar refractivity (Wildman–Crippen MR) is 175 cm³/mol. The van der Waals surface area contributed by atoms with E-state index in [4.69, 9.17) is 10.5 Å². The first-order valence-electron chi connectivity index (χ1n) is 15.1. The van der Waals surface area contributed by atoms with Gasteiger partial charge in [-0.05, 0) is 81.7 Å². The smallest absolute Gasteiger partial charge is 0.327 e. The minimum atomic E-state index is -0.815. The van der Waals surface area contributed by atoms with Crippen molar-refractivity contribution in [3.63, 3.8) is 0 Å². The molecule has 4 heterocycles. The number of urea groups is 1. The number of hydrogen-bond donors (Lipinski definition) is 3. The van der Waals surface area contributed by atoms with E-state index in [9.17, 15) is 19.6 Å². The normalized spacial score (nSPS) is 20.8. The summed E-state index contributed by atoms with van der Waals surface area (Å²) in [5.74, 6) is 0.727. The Kier molecular flexibility index (Phi) is 8.46. The Morgan fingerprint density at radius 2 is 1.96 bits per heavy atom. The van der Waals surface area contributed by atoms with Crippen molar-refractivity contribution in [1.29, 1.82) is 5.26 Å². The molecule has 0 radical (unpaired) electrons. The third-order valence-electron chi connectivity index (χ3n) is 8.07. The molecule has 2 unspecified atom stereocenters. The molecule has 3 aromatic rings. The lowest BCUT2D eigenvalue weighted by molar-refractivity contribution is -0.129. The summed E-state index contributed by atoms with van der Waals surface area (Å²) in [5.41, 5.74) is 8.19. The van der Waals surface area contributed by atoms with Crippen LogP contribution in [0.3, 0.4) is 0 Å². The summed E-state index contributed by atoms with van der Waals surface area (Å²) >= 11 is 1.32. The lowest BCUT2D eigenvalue weighted by Crippen LogP contribution is -2.54. The number of carbonyl (C=O) groups excluding carboxylic acids is 3. The molecule has 6 rings (SSSR count). The summed E-state index contributed by atoms with van der Waals surface area (Å²) in [4.78, 5) is 48.2. The van der Waals surface area contributed by atoms with Gasteiger partial charge >= 0.3 is 6.03 Å². The number of likely N-dealkylation sites (tertiary alicyclic amines) is 1. The zero-order valence-corrected chi connectivity index (χ0v) is 26.6. The Labute approximate surface area is 271 Å². The number of aromatic nitrogens is 1. The van der Waals surface area contributed by atoms with Gasteiger partial charge in [0.05, 0.1) is 17.4 Å². The maximum absolute atomic E-state index is 13.7. The van der Waals surface area contributed by atoms with Crippen LogP contribution in [0.1, 0.15) is 43.9 Å². The van der Waals surface area contributed by atoms with Crippen molar-refractivity contribution in [3.05, 3.63) is 83.6 Å². The van der Waals surface area contributed by atoms with Gasteiger partial charge in [-0.25, -0.2) is 9.78 Å². The van der Waals surface area contributed by atoms with E-state index in [0.29, 0.717) is 47.3 Å². The van der Waals surface area contributed by atoms with Crippen LogP contribution in [0.5, 0.6) is 11.5 Å². The Morgan fingerprint density at radius 3 is 2.67 bits per heavy atom. The molecule has 2 aromatic carbocycles. The number of rotatable bonds is 7. The Hall–Kier alpha value is -4.86. The van der Waals surface area contributed by atoms with Crippen LogP contribution in [0.4, 0.5) is 16.2 Å². The van der Waals surface area contributed by atoms with Crippen LogP contribution in [-0.2, 0) is 9.59 Å². The van der Waals surface area contributed by atoms with Gasteiger partial charge in [0.2, 0.25) is 5.91 Å². The second-order valence-electron chi connectivity index (χ2n) is 12.3. The number of benzene rings is 2. The van der Waals surface area contributed by atoms with Crippen LogP contribution in [0, 0.1) is 18.3 Å². The molecule has 3 aliphatic heterocycles. The summed E-state index contributed by atoms with van der Waals surface area (Å²) in [5, 5.41) is 15.8. The number of anilines is 2. The maximum Gasteiger partial charge on any atom is 0.327 e. The van der Waals surface area contributed by atoms with Crippen molar-refractivity contribution in [1.82, 2.24) is 20.5 Å². The molecule has 3 aliphatic rings. The number of aryl methyl sites for hydroxylation is 1. The van der Waals surface area contributed by atoms with Crippen LogP contribution in [0.2, 0.25) is 0 Å². The van der Waals surface area contributed by atoms with Crippen molar-refractivity contribution in [3.8, 4) is 17.6 Å². The molecular weight excluding hydrogens is 602 g/mol. The van der Waals surface area contributed by atoms with Gasteiger partial charge in [0.15, 0.2) is 0 Å². The van der Waals surface area contributed by atoms with E-state index in [1.54, 1.807) is 35.9 Å². The van der Waals surface area contributed by atoms with Crippen LogP contribution in [0.25, 0.3) is 0 Å². The van der Waals surface area contributed by atoms with E-state index in [1.165, 1.54) is 17.8 Å². The number of piperidine rings is 1. The largest absolute Gasteiger partial charge is 0.457 e. The summed E-state index contributed by atoms with van der Waals surface area (Å²) in [7, 11) is 0. The molecule has 1 aromatic heterocycles. The highest BCUT2D eigenvalue weighted by Crippen LogP contribution is 2.51. The van der Waals surface area contributed by atoms with Crippen LogP contribution in [0.15, 0.2) is 77.5 Å². The Bertz CT molecular complexity index is 1770. The molecule has 0 bridgehead atoms. The second-order valence-corrected chi connectivity index (χ2v) is 13.4. The summed E-state index contributed by atoms with van der Waals surface area (Å²) in [6, 6.07) is 17.6.